The lowest BCUT2D eigenvalue weighted by atomic mass is 10.1. The SMILES string of the molecule is CCOCC(Nc1cc(C(F)(F)F)nc(N)n1)C(C)C. The van der Waals surface area contributed by atoms with Crippen LogP contribution in [0.2, 0.25) is 0 Å². The van der Waals surface area contributed by atoms with Crippen LogP contribution in [-0.2, 0) is 10.9 Å². The Morgan fingerprint density at radius 2 is 2.00 bits per heavy atom. The smallest absolute Gasteiger partial charge is 0.380 e. The minimum absolute atomic E-state index is 0.0447. The molecule has 1 heterocycles. The van der Waals surface area contributed by atoms with E-state index in [1.165, 1.54) is 0 Å². The van der Waals surface area contributed by atoms with Gasteiger partial charge in [-0.3, -0.25) is 0 Å². The number of hydrogen-bond donors (Lipinski definition) is 2. The van der Waals surface area contributed by atoms with Crippen LogP contribution >= 0.6 is 0 Å². The Balaban J connectivity index is 2.92. The van der Waals surface area contributed by atoms with Crippen molar-refractivity contribution in [2.75, 3.05) is 24.3 Å². The van der Waals surface area contributed by atoms with E-state index in [2.05, 4.69) is 15.3 Å². The summed E-state index contributed by atoms with van der Waals surface area (Å²) in [5.41, 5.74) is 4.25. The average Bonchev–Trinajstić information content (AvgIpc) is 2.32. The molecule has 0 spiro atoms. The first-order chi connectivity index (χ1) is 9.24. The lowest BCUT2D eigenvalue weighted by Gasteiger charge is -2.23. The van der Waals surface area contributed by atoms with E-state index in [4.69, 9.17) is 10.5 Å². The summed E-state index contributed by atoms with van der Waals surface area (Å²) in [5.74, 6) is -0.212. The van der Waals surface area contributed by atoms with Crippen LogP contribution < -0.4 is 11.1 Å². The van der Waals surface area contributed by atoms with Crippen molar-refractivity contribution in [3.8, 4) is 0 Å². The molecule has 0 saturated carbocycles. The van der Waals surface area contributed by atoms with Gasteiger partial charge >= 0.3 is 6.18 Å². The van der Waals surface area contributed by atoms with E-state index in [9.17, 15) is 13.2 Å². The Kier molecular flexibility index (Phi) is 5.55. The van der Waals surface area contributed by atoms with Crippen LogP contribution in [0, 0.1) is 5.92 Å². The van der Waals surface area contributed by atoms with Gasteiger partial charge in [-0.05, 0) is 12.8 Å². The number of anilines is 2. The molecule has 1 atom stereocenters. The molecule has 0 saturated heterocycles. The molecule has 114 valence electrons. The molecule has 1 rings (SSSR count). The van der Waals surface area contributed by atoms with E-state index in [1.807, 2.05) is 20.8 Å². The van der Waals surface area contributed by atoms with Gasteiger partial charge in [-0.2, -0.15) is 18.2 Å². The van der Waals surface area contributed by atoms with Crippen molar-refractivity contribution in [3.63, 3.8) is 0 Å². The van der Waals surface area contributed by atoms with Crippen LogP contribution in [0.4, 0.5) is 24.9 Å². The molecule has 20 heavy (non-hydrogen) atoms. The minimum Gasteiger partial charge on any atom is -0.380 e. The first-order valence-electron chi connectivity index (χ1n) is 6.30. The lowest BCUT2D eigenvalue weighted by Crippen LogP contribution is -2.31. The number of nitrogen functional groups attached to an aromatic ring is 1. The molecule has 1 aromatic heterocycles. The summed E-state index contributed by atoms with van der Waals surface area (Å²) in [4.78, 5) is 6.97. The first-order valence-corrected chi connectivity index (χ1v) is 6.30. The Morgan fingerprint density at radius 3 is 2.50 bits per heavy atom. The van der Waals surface area contributed by atoms with Crippen molar-refractivity contribution < 1.29 is 17.9 Å². The van der Waals surface area contributed by atoms with Crippen molar-refractivity contribution in [3.05, 3.63) is 11.8 Å². The molecule has 1 unspecified atom stereocenters. The molecular formula is C12H19F3N4O. The second-order valence-electron chi connectivity index (χ2n) is 4.65. The number of rotatable bonds is 6. The summed E-state index contributed by atoms with van der Waals surface area (Å²) in [6, 6.07) is 0.683. The van der Waals surface area contributed by atoms with E-state index in [1.54, 1.807) is 0 Å². The zero-order chi connectivity index (χ0) is 15.3. The van der Waals surface area contributed by atoms with Gasteiger partial charge in [0.05, 0.1) is 12.6 Å². The minimum atomic E-state index is -4.55. The number of nitrogens with one attached hydrogen (secondary N) is 1. The van der Waals surface area contributed by atoms with E-state index in [0.717, 1.165) is 6.07 Å². The van der Waals surface area contributed by atoms with Crippen LogP contribution in [0.1, 0.15) is 26.5 Å². The zero-order valence-corrected chi connectivity index (χ0v) is 11.7. The summed E-state index contributed by atoms with van der Waals surface area (Å²) < 4.78 is 43.2. The van der Waals surface area contributed by atoms with Crippen LogP contribution in [-0.4, -0.2) is 29.2 Å². The average molecular weight is 292 g/mol. The van der Waals surface area contributed by atoms with E-state index in [0.29, 0.717) is 13.2 Å². The number of alkyl halides is 3. The quantitative estimate of drug-likeness (QED) is 0.843. The summed E-state index contributed by atoms with van der Waals surface area (Å²) in [6.45, 7) is 6.63. The first kappa shape index (κ1) is 16.5. The maximum absolute atomic E-state index is 12.6. The fourth-order valence-corrected chi connectivity index (χ4v) is 1.52. The monoisotopic (exact) mass is 292 g/mol. The van der Waals surface area contributed by atoms with Gasteiger partial charge in [0.15, 0.2) is 5.69 Å². The van der Waals surface area contributed by atoms with Crippen molar-refractivity contribution in [1.29, 1.82) is 0 Å². The summed E-state index contributed by atoms with van der Waals surface area (Å²) in [5, 5.41) is 2.91. The highest BCUT2D eigenvalue weighted by Gasteiger charge is 2.33. The molecule has 0 radical (unpaired) electrons. The van der Waals surface area contributed by atoms with Crippen molar-refractivity contribution in [1.82, 2.24) is 9.97 Å². The summed E-state index contributed by atoms with van der Waals surface area (Å²) in [6.07, 6.45) is -4.55. The number of aromatic nitrogens is 2. The van der Waals surface area contributed by atoms with Gasteiger partial charge in [0.1, 0.15) is 5.82 Å². The van der Waals surface area contributed by atoms with Gasteiger partial charge < -0.3 is 15.8 Å². The summed E-state index contributed by atoms with van der Waals surface area (Å²) >= 11 is 0. The Labute approximate surface area is 115 Å². The van der Waals surface area contributed by atoms with E-state index in [-0.39, 0.29) is 17.8 Å². The third-order valence-electron chi connectivity index (χ3n) is 2.67. The van der Waals surface area contributed by atoms with Gasteiger partial charge in [0, 0.05) is 12.7 Å². The molecule has 5 nitrogen and oxygen atoms in total. The van der Waals surface area contributed by atoms with Crippen molar-refractivity contribution >= 4 is 11.8 Å². The number of nitrogens with zero attached hydrogens (tertiary/aromatic N) is 2. The maximum Gasteiger partial charge on any atom is 0.433 e. The molecule has 0 aliphatic carbocycles. The molecule has 3 N–H and O–H groups in total. The molecule has 0 aliphatic heterocycles. The fraction of sp³-hybridized carbons (Fsp3) is 0.667. The largest absolute Gasteiger partial charge is 0.433 e. The Bertz CT molecular complexity index is 437. The molecule has 0 bridgehead atoms. The summed E-state index contributed by atoms with van der Waals surface area (Å²) in [7, 11) is 0. The molecule has 0 aliphatic rings. The third kappa shape index (κ3) is 4.84. The highest BCUT2D eigenvalue weighted by atomic mass is 19.4. The second-order valence-corrected chi connectivity index (χ2v) is 4.65. The van der Waals surface area contributed by atoms with Crippen LogP contribution in [0.15, 0.2) is 6.07 Å². The zero-order valence-electron chi connectivity index (χ0n) is 11.7. The van der Waals surface area contributed by atoms with E-state index >= 15 is 0 Å². The standard InChI is InChI=1S/C12H19F3N4O/c1-4-20-6-8(7(2)3)17-10-5-9(12(13,14)15)18-11(16)19-10/h5,7-8H,4,6H2,1-3H3,(H3,16,17,18,19). The van der Waals surface area contributed by atoms with Gasteiger partial charge in [-0.15, -0.1) is 0 Å². The van der Waals surface area contributed by atoms with Crippen molar-refractivity contribution in [2.45, 2.75) is 33.0 Å². The Hall–Kier alpha value is -1.57. The van der Waals surface area contributed by atoms with Gasteiger partial charge in [0.25, 0.3) is 0 Å². The predicted octanol–water partition coefficient (Wildman–Crippen LogP) is 2.55. The predicted molar refractivity (Wildman–Crippen MR) is 70.2 cm³/mol. The van der Waals surface area contributed by atoms with Gasteiger partial charge in [-0.25, -0.2) is 4.98 Å². The second kappa shape index (κ2) is 6.74. The highest BCUT2D eigenvalue weighted by Crippen LogP contribution is 2.29. The molecule has 1 aromatic rings. The lowest BCUT2D eigenvalue weighted by molar-refractivity contribution is -0.141. The maximum atomic E-state index is 12.6. The van der Waals surface area contributed by atoms with Crippen molar-refractivity contribution in [2.24, 2.45) is 5.92 Å². The number of ether oxygens (including phenoxy) is 1. The van der Waals surface area contributed by atoms with Gasteiger partial charge in [-0.1, -0.05) is 13.8 Å². The fourth-order valence-electron chi connectivity index (χ4n) is 1.52. The normalized spacial score (nSPS) is 13.6. The highest BCUT2D eigenvalue weighted by molar-refractivity contribution is 5.42. The van der Waals surface area contributed by atoms with Gasteiger partial charge in [0.2, 0.25) is 5.95 Å². The number of halogens is 3. The Morgan fingerprint density at radius 1 is 1.35 bits per heavy atom. The van der Waals surface area contributed by atoms with Crippen LogP contribution in [0.5, 0.6) is 0 Å². The van der Waals surface area contributed by atoms with E-state index < -0.39 is 17.8 Å². The van der Waals surface area contributed by atoms with Crippen LogP contribution in [0.3, 0.4) is 0 Å². The molecule has 0 amide bonds. The number of nitrogens with two attached hydrogens (primary N) is 1. The molecule has 0 aromatic carbocycles. The molecule has 0 fully saturated rings. The number of hydrogen-bond acceptors (Lipinski definition) is 5. The molecule has 8 heteroatoms. The third-order valence-corrected chi connectivity index (χ3v) is 2.67. The molecular weight excluding hydrogens is 273 g/mol. The topological polar surface area (TPSA) is 73.1 Å². The van der Waals surface area contributed by atoms with Crippen LogP contribution in [0.25, 0.3) is 0 Å².